The van der Waals surface area contributed by atoms with Gasteiger partial charge in [-0.1, -0.05) is 53.5 Å². The van der Waals surface area contributed by atoms with Crippen LogP contribution in [0.4, 0.5) is 0 Å². The summed E-state index contributed by atoms with van der Waals surface area (Å²) in [4.78, 5) is 23.5. The first-order valence-corrected chi connectivity index (χ1v) is 10.3. The van der Waals surface area contributed by atoms with Gasteiger partial charge in [-0.2, -0.15) is 0 Å². The summed E-state index contributed by atoms with van der Waals surface area (Å²) in [7, 11) is 1.47. The van der Waals surface area contributed by atoms with Gasteiger partial charge in [-0.05, 0) is 54.7 Å². The van der Waals surface area contributed by atoms with E-state index >= 15 is 0 Å². The van der Waals surface area contributed by atoms with Crippen LogP contribution in [-0.2, 0) is 25.5 Å². The number of hydrogen-bond acceptors (Lipinski definition) is 4. The van der Waals surface area contributed by atoms with Gasteiger partial charge in [0.2, 0.25) is 5.91 Å². The average Bonchev–Trinajstić information content (AvgIpc) is 2.68. The predicted octanol–water partition coefficient (Wildman–Crippen LogP) is 4.84. The highest BCUT2D eigenvalue weighted by molar-refractivity contribution is 6.35. The molecular formula is C23H25Cl2NO4. The van der Waals surface area contributed by atoms with Gasteiger partial charge < -0.3 is 14.8 Å². The minimum atomic E-state index is -0.399. The summed E-state index contributed by atoms with van der Waals surface area (Å²) >= 11 is 12.2. The fourth-order valence-electron chi connectivity index (χ4n) is 2.95. The van der Waals surface area contributed by atoms with Gasteiger partial charge in [-0.15, -0.1) is 0 Å². The van der Waals surface area contributed by atoms with Crippen LogP contribution in [0.25, 0.3) is 11.1 Å². The Morgan fingerprint density at radius 3 is 2.33 bits per heavy atom. The molecule has 0 saturated carbocycles. The van der Waals surface area contributed by atoms with E-state index in [-0.39, 0.29) is 18.6 Å². The maximum atomic E-state index is 12.0. The van der Waals surface area contributed by atoms with Crippen molar-refractivity contribution in [3.63, 3.8) is 0 Å². The Balaban J connectivity index is 2.09. The first kappa shape index (κ1) is 23.9. The highest BCUT2D eigenvalue weighted by Gasteiger charge is 2.13. The molecule has 0 fully saturated rings. The van der Waals surface area contributed by atoms with Crippen LogP contribution in [0, 0.1) is 0 Å². The van der Waals surface area contributed by atoms with E-state index in [1.165, 1.54) is 13.2 Å². The van der Waals surface area contributed by atoms with Crippen molar-refractivity contribution < 1.29 is 19.1 Å². The molecule has 5 nitrogen and oxygen atoms in total. The van der Waals surface area contributed by atoms with Gasteiger partial charge in [-0.3, -0.25) is 4.79 Å². The third-order valence-corrected chi connectivity index (χ3v) is 4.67. The van der Waals surface area contributed by atoms with Gasteiger partial charge in [0.15, 0.2) is 0 Å². The van der Waals surface area contributed by atoms with Crippen LogP contribution < -0.4 is 5.32 Å². The largest absolute Gasteiger partial charge is 0.463 e. The lowest BCUT2D eigenvalue weighted by Crippen LogP contribution is -2.38. The number of carbonyl (C=O) groups is 2. The van der Waals surface area contributed by atoms with Crippen LogP contribution in [0.1, 0.15) is 18.9 Å². The fraction of sp³-hybridized carbons (Fsp3) is 0.304. The van der Waals surface area contributed by atoms with Crippen molar-refractivity contribution in [1.29, 1.82) is 0 Å². The topological polar surface area (TPSA) is 64.6 Å². The Morgan fingerprint density at radius 2 is 1.73 bits per heavy atom. The van der Waals surface area contributed by atoms with Gasteiger partial charge in [0, 0.05) is 29.3 Å². The third kappa shape index (κ3) is 8.19. The quantitative estimate of drug-likeness (QED) is 0.416. The lowest BCUT2D eigenvalue weighted by atomic mass is 9.99. The van der Waals surface area contributed by atoms with Gasteiger partial charge >= 0.3 is 5.97 Å². The second-order valence-corrected chi connectivity index (χ2v) is 7.52. The monoisotopic (exact) mass is 449 g/mol. The standard InChI is InChI=1S/C23H25Cl2NO4/c1-3-30-23(28)6-4-5-21(26-22(27)15-29-2)11-16-7-9-17(10-8-16)18-12-19(24)14-20(25)13-18/h4,6-10,12-14,21H,3,5,11,15H2,1-2H3,(H,26,27). The van der Waals surface area contributed by atoms with E-state index in [4.69, 9.17) is 32.7 Å². The van der Waals surface area contributed by atoms with Crippen LogP contribution in [-0.4, -0.2) is 38.2 Å². The van der Waals surface area contributed by atoms with Crippen molar-refractivity contribution in [2.24, 2.45) is 0 Å². The summed E-state index contributed by atoms with van der Waals surface area (Å²) in [5.41, 5.74) is 2.96. The Labute approximate surface area is 187 Å². The van der Waals surface area contributed by atoms with E-state index in [9.17, 15) is 9.59 Å². The number of hydrogen-bond donors (Lipinski definition) is 1. The van der Waals surface area contributed by atoms with E-state index in [1.54, 1.807) is 19.1 Å². The number of methoxy groups -OCH3 is 1. The number of amides is 1. The molecule has 0 aliphatic heterocycles. The molecule has 160 valence electrons. The molecule has 7 heteroatoms. The molecule has 2 rings (SSSR count). The van der Waals surface area contributed by atoms with E-state index in [1.807, 2.05) is 36.4 Å². The maximum absolute atomic E-state index is 12.0. The normalized spacial score (nSPS) is 12.0. The predicted molar refractivity (Wildman–Crippen MR) is 120 cm³/mol. The molecule has 0 aliphatic carbocycles. The molecule has 1 N–H and O–H groups in total. The van der Waals surface area contributed by atoms with Crippen LogP contribution in [0.2, 0.25) is 10.0 Å². The number of benzene rings is 2. The molecule has 30 heavy (non-hydrogen) atoms. The lowest BCUT2D eigenvalue weighted by molar-refractivity contribution is -0.137. The zero-order valence-corrected chi connectivity index (χ0v) is 18.5. The maximum Gasteiger partial charge on any atom is 0.330 e. The van der Waals surface area contributed by atoms with Gasteiger partial charge in [-0.25, -0.2) is 4.79 Å². The number of carbonyl (C=O) groups excluding carboxylic acids is 2. The van der Waals surface area contributed by atoms with Crippen LogP contribution in [0.15, 0.2) is 54.6 Å². The molecule has 2 aromatic carbocycles. The zero-order valence-electron chi connectivity index (χ0n) is 17.0. The van der Waals surface area contributed by atoms with E-state index in [0.717, 1.165) is 16.7 Å². The molecule has 2 aromatic rings. The lowest BCUT2D eigenvalue weighted by Gasteiger charge is -2.17. The minimum Gasteiger partial charge on any atom is -0.463 e. The Morgan fingerprint density at radius 1 is 1.07 bits per heavy atom. The number of nitrogens with one attached hydrogen (secondary N) is 1. The first-order chi connectivity index (χ1) is 14.4. The van der Waals surface area contributed by atoms with Gasteiger partial charge in [0.05, 0.1) is 6.61 Å². The molecule has 1 amide bonds. The van der Waals surface area contributed by atoms with E-state index < -0.39 is 5.97 Å². The number of esters is 1. The van der Waals surface area contributed by atoms with Crippen molar-refractivity contribution in [2.75, 3.05) is 20.3 Å². The van der Waals surface area contributed by atoms with Crippen molar-refractivity contribution in [3.8, 4) is 11.1 Å². The van der Waals surface area contributed by atoms with Crippen LogP contribution >= 0.6 is 23.2 Å². The molecule has 1 atom stereocenters. The first-order valence-electron chi connectivity index (χ1n) is 9.58. The Bertz CT molecular complexity index is 861. The van der Waals surface area contributed by atoms with Crippen LogP contribution in [0.3, 0.4) is 0 Å². The molecule has 0 radical (unpaired) electrons. The summed E-state index contributed by atoms with van der Waals surface area (Å²) in [5, 5.41) is 4.09. The van der Waals surface area contributed by atoms with E-state index in [2.05, 4.69) is 5.32 Å². The smallest absolute Gasteiger partial charge is 0.330 e. The molecule has 0 aliphatic rings. The van der Waals surface area contributed by atoms with Gasteiger partial charge in [0.1, 0.15) is 6.61 Å². The molecule has 0 spiro atoms. The zero-order chi connectivity index (χ0) is 21.9. The second kappa shape index (κ2) is 12.4. The number of rotatable bonds is 10. The summed E-state index contributed by atoms with van der Waals surface area (Å²) in [5.74, 6) is -0.610. The van der Waals surface area contributed by atoms with Crippen molar-refractivity contribution in [2.45, 2.75) is 25.8 Å². The summed E-state index contributed by atoms with van der Waals surface area (Å²) < 4.78 is 9.77. The fourth-order valence-corrected chi connectivity index (χ4v) is 3.48. The number of ether oxygens (including phenoxy) is 2. The molecule has 0 bridgehead atoms. The Kier molecular flexibility index (Phi) is 9.87. The molecular weight excluding hydrogens is 425 g/mol. The van der Waals surface area contributed by atoms with Crippen molar-refractivity contribution >= 4 is 35.1 Å². The average molecular weight is 450 g/mol. The molecule has 0 heterocycles. The Hall–Kier alpha value is -2.34. The minimum absolute atomic E-state index is 0.0213. The SMILES string of the molecule is CCOC(=O)C=CCC(Cc1ccc(-c2cc(Cl)cc(Cl)c2)cc1)NC(=O)COC. The summed E-state index contributed by atoms with van der Waals surface area (Å²) in [6.45, 7) is 2.05. The number of halogens is 2. The van der Waals surface area contributed by atoms with E-state index in [0.29, 0.717) is 29.5 Å². The van der Waals surface area contributed by atoms with Gasteiger partial charge in [0.25, 0.3) is 0 Å². The highest BCUT2D eigenvalue weighted by Crippen LogP contribution is 2.27. The highest BCUT2D eigenvalue weighted by atomic mass is 35.5. The van der Waals surface area contributed by atoms with Crippen molar-refractivity contribution in [1.82, 2.24) is 5.32 Å². The van der Waals surface area contributed by atoms with Crippen molar-refractivity contribution in [3.05, 3.63) is 70.2 Å². The second-order valence-electron chi connectivity index (χ2n) is 6.65. The third-order valence-electron chi connectivity index (χ3n) is 4.23. The summed E-state index contributed by atoms with van der Waals surface area (Å²) in [6.07, 6.45) is 4.17. The molecule has 0 saturated heterocycles. The summed E-state index contributed by atoms with van der Waals surface area (Å²) in [6, 6.07) is 13.2. The van der Waals surface area contributed by atoms with Crippen LogP contribution in [0.5, 0.6) is 0 Å². The molecule has 1 unspecified atom stereocenters. The molecule has 0 aromatic heterocycles.